The highest BCUT2D eigenvalue weighted by atomic mass is 79.9. The molecular formula is C32H35BrCl2N2O3. The van der Waals surface area contributed by atoms with E-state index < -0.39 is 6.04 Å². The molecule has 4 rings (SSSR count). The molecule has 5 nitrogen and oxygen atoms in total. The number of nitrogens with zero attached hydrogens (tertiary/aromatic N) is 1. The van der Waals surface area contributed by atoms with E-state index in [9.17, 15) is 9.59 Å². The van der Waals surface area contributed by atoms with Crippen LogP contribution in [-0.4, -0.2) is 35.4 Å². The van der Waals surface area contributed by atoms with Crippen molar-refractivity contribution in [2.75, 3.05) is 6.61 Å². The molecule has 0 aromatic heterocycles. The first-order valence-electron chi connectivity index (χ1n) is 13.7. The first-order chi connectivity index (χ1) is 19.2. The van der Waals surface area contributed by atoms with Gasteiger partial charge < -0.3 is 15.0 Å². The van der Waals surface area contributed by atoms with Crippen LogP contribution in [0.2, 0.25) is 10.0 Å². The predicted molar refractivity (Wildman–Crippen MR) is 165 cm³/mol. The van der Waals surface area contributed by atoms with Gasteiger partial charge in [0.2, 0.25) is 5.91 Å². The minimum atomic E-state index is -0.749. The van der Waals surface area contributed by atoms with Crippen molar-refractivity contribution in [1.29, 1.82) is 0 Å². The lowest BCUT2D eigenvalue weighted by Gasteiger charge is -2.33. The van der Waals surface area contributed by atoms with Crippen molar-refractivity contribution < 1.29 is 14.3 Å². The molecule has 1 N–H and O–H groups in total. The molecule has 2 amide bonds. The molecule has 0 saturated heterocycles. The second kappa shape index (κ2) is 14.4. The molecule has 1 atom stereocenters. The Labute approximate surface area is 255 Å². The second-order valence-electron chi connectivity index (χ2n) is 10.5. The lowest BCUT2D eigenvalue weighted by molar-refractivity contribution is -0.143. The van der Waals surface area contributed by atoms with E-state index in [2.05, 4.69) is 21.2 Å². The summed E-state index contributed by atoms with van der Waals surface area (Å²) in [5.41, 5.74) is 3.70. The number of aryl methyl sites for hydroxylation is 2. The molecule has 3 aromatic carbocycles. The van der Waals surface area contributed by atoms with Crippen LogP contribution >= 0.6 is 39.1 Å². The van der Waals surface area contributed by atoms with Crippen LogP contribution in [0.3, 0.4) is 0 Å². The Morgan fingerprint density at radius 3 is 2.33 bits per heavy atom. The number of hydrogen-bond acceptors (Lipinski definition) is 3. The first-order valence-corrected chi connectivity index (χ1v) is 15.2. The molecule has 8 heteroatoms. The smallest absolute Gasteiger partial charge is 0.261 e. The molecule has 1 aliphatic rings. The minimum absolute atomic E-state index is 0.112. The Balaban J connectivity index is 1.64. The van der Waals surface area contributed by atoms with Crippen molar-refractivity contribution in [1.82, 2.24) is 10.2 Å². The lowest BCUT2D eigenvalue weighted by Crippen LogP contribution is -2.53. The number of hydrogen-bond donors (Lipinski definition) is 1. The quantitative estimate of drug-likeness (QED) is 0.244. The maximum absolute atomic E-state index is 13.9. The summed E-state index contributed by atoms with van der Waals surface area (Å²) >= 11 is 16.3. The van der Waals surface area contributed by atoms with Crippen molar-refractivity contribution in [3.05, 3.63) is 97.4 Å². The number of halogens is 3. The van der Waals surface area contributed by atoms with Gasteiger partial charge in [0.1, 0.15) is 11.8 Å². The van der Waals surface area contributed by atoms with Gasteiger partial charge in [-0.1, -0.05) is 94.8 Å². The second-order valence-corrected chi connectivity index (χ2v) is 12.1. The average Bonchev–Trinajstić information content (AvgIpc) is 2.94. The Hall–Kier alpha value is -2.54. The van der Waals surface area contributed by atoms with Gasteiger partial charge in [-0.15, -0.1) is 0 Å². The van der Waals surface area contributed by atoms with Crippen molar-refractivity contribution in [2.45, 2.75) is 71.0 Å². The van der Waals surface area contributed by atoms with Gasteiger partial charge in [-0.3, -0.25) is 9.59 Å². The van der Waals surface area contributed by atoms with E-state index in [1.807, 2.05) is 56.3 Å². The van der Waals surface area contributed by atoms with E-state index in [-0.39, 0.29) is 31.0 Å². The van der Waals surface area contributed by atoms with Crippen molar-refractivity contribution >= 4 is 50.9 Å². The summed E-state index contributed by atoms with van der Waals surface area (Å²) in [7, 11) is 0. The highest BCUT2D eigenvalue weighted by molar-refractivity contribution is 9.10. The molecule has 1 unspecified atom stereocenters. The van der Waals surface area contributed by atoms with Crippen LogP contribution in [0.15, 0.2) is 65.1 Å². The molecule has 0 radical (unpaired) electrons. The Morgan fingerprint density at radius 1 is 1.00 bits per heavy atom. The fourth-order valence-electron chi connectivity index (χ4n) is 5.15. The molecule has 40 heavy (non-hydrogen) atoms. The molecule has 1 aliphatic carbocycles. The standard InChI is InChI=1S/C32H35BrCl2N2O3/c1-21-15-27(16-22(2)31(21)33)40-20-30(38)37(19-24-13-14-25(34)18-28(24)35)29(17-23-9-5-3-6-10-23)32(39)36-26-11-7-4-8-12-26/h3,5-6,9-10,13-16,18,26,29H,4,7-8,11-12,17,19-20H2,1-2H3,(H,36,39). The van der Waals surface area contributed by atoms with E-state index in [1.54, 1.807) is 23.1 Å². The summed E-state index contributed by atoms with van der Waals surface area (Å²) in [6.07, 6.45) is 5.64. The van der Waals surface area contributed by atoms with Gasteiger partial charge in [-0.05, 0) is 73.2 Å². The first kappa shape index (κ1) is 30.4. The van der Waals surface area contributed by atoms with Crippen LogP contribution in [-0.2, 0) is 22.6 Å². The molecule has 1 saturated carbocycles. The highest BCUT2D eigenvalue weighted by Crippen LogP contribution is 2.28. The number of benzene rings is 3. The van der Waals surface area contributed by atoms with E-state index in [1.165, 1.54) is 6.42 Å². The molecule has 212 valence electrons. The topological polar surface area (TPSA) is 58.6 Å². The van der Waals surface area contributed by atoms with Gasteiger partial charge in [0, 0.05) is 33.5 Å². The third kappa shape index (κ3) is 8.25. The zero-order valence-corrected chi connectivity index (χ0v) is 26.0. The average molecular weight is 646 g/mol. The van der Waals surface area contributed by atoms with E-state index in [4.69, 9.17) is 27.9 Å². The van der Waals surface area contributed by atoms with Crippen LogP contribution < -0.4 is 10.1 Å². The molecule has 3 aromatic rings. The van der Waals surface area contributed by atoms with Crippen molar-refractivity contribution in [3.8, 4) is 5.75 Å². The Morgan fingerprint density at radius 2 is 1.68 bits per heavy atom. The van der Waals surface area contributed by atoms with Crippen LogP contribution in [0.4, 0.5) is 0 Å². The zero-order valence-electron chi connectivity index (χ0n) is 22.9. The fourth-order valence-corrected chi connectivity index (χ4v) is 5.85. The third-order valence-electron chi connectivity index (χ3n) is 7.35. The molecule has 0 heterocycles. The highest BCUT2D eigenvalue weighted by Gasteiger charge is 2.32. The van der Waals surface area contributed by atoms with E-state index in [0.29, 0.717) is 27.8 Å². The molecule has 1 fully saturated rings. The Bertz CT molecular complexity index is 1310. The van der Waals surface area contributed by atoms with Gasteiger partial charge >= 0.3 is 0 Å². The van der Waals surface area contributed by atoms with Crippen LogP contribution in [0.25, 0.3) is 0 Å². The van der Waals surface area contributed by atoms with Gasteiger partial charge in [-0.25, -0.2) is 0 Å². The number of carbonyl (C=O) groups is 2. The van der Waals surface area contributed by atoms with Crippen LogP contribution in [0.5, 0.6) is 5.75 Å². The SMILES string of the molecule is Cc1cc(OCC(=O)N(Cc2ccc(Cl)cc2Cl)C(Cc2ccccc2)C(=O)NC2CCCCC2)cc(C)c1Br. The molecule has 0 bridgehead atoms. The summed E-state index contributed by atoms with van der Waals surface area (Å²) in [6, 6.07) is 18.1. The summed E-state index contributed by atoms with van der Waals surface area (Å²) in [4.78, 5) is 29.4. The minimum Gasteiger partial charge on any atom is -0.484 e. The summed E-state index contributed by atoms with van der Waals surface area (Å²) in [5.74, 6) is 0.135. The lowest BCUT2D eigenvalue weighted by atomic mass is 9.94. The fraction of sp³-hybridized carbons (Fsp3) is 0.375. The monoisotopic (exact) mass is 644 g/mol. The van der Waals surface area contributed by atoms with Gasteiger partial charge in [0.25, 0.3) is 5.91 Å². The molecule has 0 spiro atoms. The van der Waals surface area contributed by atoms with Crippen LogP contribution in [0, 0.1) is 13.8 Å². The maximum atomic E-state index is 13.9. The van der Waals surface area contributed by atoms with E-state index >= 15 is 0 Å². The van der Waals surface area contributed by atoms with Gasteiger partial charge in [-0.2, -0.15) is 0 Å². The van der Waals surface area contributed by atoms with Gasteiger partial charge in [0.15, 0.2) is 6.61 Å². The van der Waals surface area contributed by atoms with Crippen molar-refractivity contribution in [2.24, 2.45) is 0 Å². The summed E-state index contributed by atoms with van der Waals surface area (Å²) in [5, 5.41) is 4.19. The van der Waals surface area contributed by atoms with Crippen LogP contribution in [0.1, 0.15) is 54.4 Å². The summed E-state index contributed by atoms with van der Waals surface area (Å²) in [6.45, 7) is 3.89. The van der Waals surface area contributed by atoms with Gasteiger partial charge in [0.05, 0.1) is 0 Å². The Kier molecular flexibility index (Phi) is 10.9. The molecular weight excluding hydrogens is 611 g/mol. The maximum Gasteiger partial charge on any atom is 0.261 e. The number of amides is 2. The number of carbonyl (C=O) groups excluding carboxylic acids is 2. The zero-order chi connectivity index (χ0) is 28.6. The van der Waals surface area contributed by atoms with Crippen molar-refractivity contribution in [3.63, 3.8) is 0 Å². The number of ether oxygens (including phenoxy) is 1. The third-order valence-corrected chi connectivity index (χ3v) is 9.19. The molecule has 0 aliphatic heterocycles. The number of rotatable bonds is 10. The normalized spacial score (nSPS) is 14.4. The largest absolute Gasteiger partial charge is 0.484 e. The predicted octanol–water partition coefficient (Wildman–Crippen LogP) is 7.84. The number of nitrogens with one attached hydrogen (secondary N) is 1. The summed E-state index contributed by atoms with van der Waals surface area (Å²) < 4.78 is 6.99. The van der Waals surface area contributed by atoms with E-state index in [0.717, 1.165) is 46.8 Å².